The quantitative estimate of drug-likeness (QED) is 0.574. The van der Waals surface area contributed by atoms with Crippen molar-refractivity contribution in [2.75, 3.05) is 27.2 Å². The van der Waals surface area contributed by atoms with E-state index in [1.807, 2.05) is 6.07 Å². The van der Waals surface area contributed by atoms with Gasteiger partial charge < -0.3 is 20.1 Å². The highest BCUT2D eigenvalue weighted by atomic mass is 16.5. The Bertz CT molecular complexity index is 589. The lowest BCUT2D eigenvalue weighted by Gasteiger charge is -2.23. The van der Waals surface area contributed by atoms with E-state index < -0.39 is 0 Å². The van der Waals surface area contributed by atoms with Gasteiger partial charge in [0.2, 0.25) is 5.91 Å². The van der Waals surface area contributed by atoms with Gasteiger partial charge in [-0.3, -0.25) is 4.79 Å². The molecule has 0 radical (unpaired) electrons. The largest absolute Gasteiger partial charge is 0.359 e. The van der Waals surface area contributed by atoms with Crippen molar-refractivity contribution in [1.29, 1.82) is 0 Å². The molecule has 0 atom stereocenters. The van der Waals surface area contributed by atoms with Crippen LogP contribution in [0.1, 0.15) is 63.3 Å². The molecule has 0 bridgehead atoms. The molecule has 0 saturated heterocycles. The van der Waals surface area contributed by atoms with Crippen LogP contribution in [0.3, 0.4) is 0 Å². The Morgan fingerprint density at radius 2 is 2.04 bits per heavy atom. The Morgan fingerprint density at radius 3 is 2.65 bits per heavy atom. The van der Waals surface area contributed by atoms with Gasteiger partial charge in [-0.15, -0.1) is 0 Å². The number of nitrogens with zero attached hydrogens (tertiary/aromatic N) is 3. The minimum Gasteiger partial charge on any atom is -0.359 e. The van der Waals surface area contributed by atoms with Crippen molar-refractivity contribution in [2.45, 2.75) is 58.4 Å². The number of hydrogen-bond donors (Lipinski definition) is 2. The van der Waals surface area contributed by atoms with E-state index >= 15 is 0 Å². The Kier molecular flexibility index (Phi) is 7.94. The van der Waals surface area contributed by atoms with Crippen LogP contribution < -0.4 is 10.6 Å². The molecule has 0 aliphatic heterocycles. The van der Waals surface area contributed by atoms with Crippen molar-refractivity contribution in [3.63, 3.8) is 0 Å². The molecule has 1 aromatic rings. The van der Waals surface area contributed by atoms with Crippen LogP contribution in [0, 0.1) is 5.92 Å². The molecule has 1 amide bonds. The fourth-order valence-electron chi connectivity index (χ4n) is 2.95. The Balaban J connectivity index is 1.91. The summed E-state index contributed by atoms with van der Waals surface area (Å²) in [5, 5.41) is 10.7. The first-order valence-corrected chi connectivity index (χ1v) is 9.63. The molecule has 7 heteroatoms. The number of aromatic nitrogens is 1. The molecule has 2 rings (SSSR count). The smallest absolute Gasteiger partial charge is 0.243 e. The third-order valence-electron chi connectivity index (χ3n) is 4.75. The molecule has 1 heterocycles. The molecule has 1 saturated carbocycles. The zero-order valence-electron chi connectivity index (χ0n) is 16.5. The third-order valence-corrected chi connectivity index (χ3v) is 4.75. The van der Waals surface area contributed by atoms with Crippen LogP contribution in [0.15, 0.2) is 15.6 Å². The SMILES string of the molecule is CC(C)c1cc(CNC(=NCC(=O)N(C)C)NCC2CCCCC2)on1. The van der Waals surface area contributed by atoms with E-state index in [2.05, 4.69) is 34.6 Å². The highest BCUT2D eigenvalue weighted by Crippen LogP contribution is 2.22. The summed E-state index contributed by atoms with van der Waals surface area (Å²) >= 11 is 0. The van der Waals surface area contributed by atoms with Gasteiger partial charge in [0.15, 0.2) is 11.7 Å². The summed E-state index contributed by atoms with van der Waals surface area (Å²) in [6, 6.07) is 1.96. The van der Waals surface area contributed by atoms with Crippen LogP contribution in [-0.4, -0.2) is 49.1 Å². The summed E-state index contributed by atoms with van der Waals surface area (Å²) in [5.41, 5.74) is 0.943. The third kappa shape index (κ3) is 6.69. The molecule has 1 aliphatic carbocycles. The topological polar surface area (TPSA) is 82.8 Å². The highest BCUT2D eigenvalue weighted by Gasteiger charge is 2.14. The van der Waals surface area contributed by atoms with Gasteiger partial charge in [-0.2, -0.15) is 0 Å². The summed E-state index contributed by atoms with van der Waals surface area (Å²) in [5.74, 6) is 2.40. The molecule has 0 spiro atoms. The maximum atomic E-state index is 11.8. The fourth-order valence-corrected chi connectivity index (χ4v) is 2.95. The van der Waals surface area contributed by atoms with Crippen molar-refractivity contribution in [3.8, 4) is 0 Å². The molecule has 0 aromatic carbocycles. The number of aliphatic imine (C=N–C) groups is 1. The van der Waals surface area contributed by atoms with Gasteiger partial charge in [0, 0.05) is 26.7 Å². The van der Waals surface area contributed by atoms with Gasteiger partial charge in [-0.05, 0) is 24.7 Å². The van der Waals surface area contributed by atoms with Crippen molar-refractivity contribution < 1.29 is 9.32 Å². The molecule has 1 aromatic heterocycles. The second-order valence-electron chi connectivity index (χ2n) is 7.56. The van der Waals surface area contributed by atoms with Crippen molar-refractivity contribution >= 4 is 11.9 Å². The molecular weight excluding hydrogens is 330 g/mol. The first-order chi connectivity index (χ1) is 12.5. The average Bonchev–Trinajstić information content (AvgIpc) is 3.11. The predicted molar refractivity (Wildman–Crippen MR) is 103 cm³/mol. The number of likely N-dealkylation sites (N-methyl/N-ethyl adjacent to an activating group) is 1. The maximum absolute atomic E-state index is 11.8. The van der Waals surface area contributed by atoms with Crippen molar-refractivity contribution in [2.24, 2.45) is 10.9 Å². The summed E-state index contributed by atoms with van der Waals surface area (Å²) in [7, 11) is 3.48. The molecular formula is C19H33N5O2. The van der Waals surface area contributed by atoms with E-state index in [9.17, 15) is 4.79 Å². The van der Waals surface area contributed by atoms with Crippen LogP contribution in [0.25, 0.3) is 0 Å². The van der Waals surface area contributed by atoms with E-state index in [4.69, 9.17) is 4.52 Å². The molecule has 2 N–H and O–H groups in total. The van der Waals surface area contributed by atoms with E-state index in [1.54, 1.807) is 19.0 Å². The summed E-state index contributed by atoms with van der Waals surface area (Å²) in [6.07, 6.45) is 6.48. The molecule has 1 fully saturated rings. The Hall–Kier alpha value is -2.05. The monoisotopic (exact) mass is 363 g/mol. The van der Waals surface area contributed by atoms with E-state index in [0.717, 1.165) is 18.0 Å². The molecule has 0 unspecified atom stereocenters. The first kappa shape index (κ1) is 20.3. The van der Waals surface area contributed by atoms with E-state index in [-0.39, 0.29) is 12.5 Å². The van der Waals surface area contributed by atoms with Crippen LogP contribution in [-0.2, 0) is 11.3 Å². The summed E-state index contributed by atoms with van der Waals surface area (Å²) in [6.45, 7) is 5.67. The van der Waals surface area contributed by atoms with Crippen LogP contribution in [0.4, 0.5) is 0 Å². The summed E-state index contributed by atoms with van der Waals surface area (Å²) < 4.78 is 5.36. The first-order valence-electron chi connectivity index (χ1n) is 9.63. The van der Waals surface area contributed by atoms with Crippen molar-refractivity contribution in [1.82, 2.24) is 20.7 Å². The molecule has 26 heavy (non-hydrogen) atoms. The second kappa shape index (κ2) is 10.2. The predicted octanol–water partition coefficient (Wildman–Crippen LogP) is 2.50. The number of carbonyl (C=O) groups is 1. The molecule has 146 valence electrons. The van der Waals surface area contributed by atoms with Crippen LogP contribution in [0.2, 0.25) is 0 Å². The van der Waals surface area contributed by atoms with Crippen LogP contribution >= 0.6 is 0 Å². The van der Waals surface area contributed by atoms with E-state index in [1.165, 1.54) is 32.1 Å². The molecule has 7 nitrogen and oxygen atoms in total. The molecule has 1 aliphatic rings. The van der Waals surface area contributed by atoms with Gasteiger partial charge in [0.05, 0.1) is 12.2 Å². The lowest BCUT2D eigenvalue weighted by Crippen LogP contribution is -2.40. The van der Waals surface area contributed by atoms with Gasteiger partial charge in [0.1, 0.15) is 6.54 Å². The number of amides is 1. The standard InChI is InChI=1S/C19H33N5O2/c1-14(2)17-10-16(26-23-17)12-21-19(22-13-18(25)24(3)4)20-11-15-8-6-5-7-9-15/h10,14-15H,5-9,11-13H2,1-4H3,(H2,20,21,22). The van der Waals surface area contributed by atoms with Gasteiger partial charge >= 0.3 is 0 Å². The zero-order valence-corrected chi connectivity index (χ0v) is 16.5. The maximum Gasteiger partial charge on any atom is 0.243 e. The minimum atomic E-state index is -0.0227. The summed E-state index contributed by atoms with van der Waals surface area (Å²) in [4.78, 5) is 17.8. The highest BCUT2D eigenvalue weighted by molar-refractivity contribution is 5.84. The normalized spacial score (nSPS) is 16.0. The second-order valence-corrected chi connectivity index (χ2v) is 7.56. The lowest BCUT2D eigenvalue weighted by molar-refractivity contribution is -0.127. The number of guanidine groups is 1. The number of hydrogen-bond acceptors (Lipinski definition) is 4. The number of carbonyl (C=O) groups excluding carboxylic acids is 1. The number of rotatable bonds is 7. The Labute approximate surface area is 156 Å². The Morgan fingerprint density at radius 1 is 1.31 bits per heavy atom. The van der Waals surface area contributed by atoms with Gasteiger partial charge in [0.25, 0.3) is 0 Å². The van der Waals surface area contributed by atoms with Crippen LogP contribution in [0.5, 0.6) is 0 Å². The van der Waals surface area contributed by atoms with E-state index in [0.29, 0.717) is 24.3 Å². The number of nitrogens with one attached hydrogen (secondary N) is 2. The lowest BCUT2D eigenvalue weighted by atomic mass is 9.89. The van der Waals surface area contributed by atoms with Crippen molar-refractivity contribution in [3.05, 3.63) is 17.5 Å². The zero-order chi connectivity index (χ0) is 18.9. The van der Waals surface area contributed by atoms with Gasteiger partial charge in [-0.25, -0.2) is 4.99 Å². The van der Waals surface area contributed by atoms with Gasteiger partial charge in [-0.1, -0.05) is 38.3 Å². The fraction of sp³-hybridized carbons (Fsp3) is 0.737. The average molecular weight is 364 g/mol. The minimum absolute atomic E-state index is 0.0227.